The van der Waals surface area contributed by atoms with Gasteiger partial charge in [-0.1, -0.05) is 46.0 Å². The maximum absolute atomic E-state index is 6.48. The molecule has 0 saturated carbocycles. The number of hydrogen-bond donors (Lipinski definition) is 0. The molecule has 0 fully saturated rings. The Hall–Kier alpha value is 2.32. The van der Waals surface area contributed by atoms with Crippen LogP contribution in [0.1, 0.15) is 84.5 Å². The van der Waals surface area contributed by atoms with Gasteiger partial charge in [0.05, 0.1) is 21.5 Å². The van der Waals surface area contributed by atoms with E-state index in [-0.39, 0.29) is 43.0 Å². The molecular formula is C21H36Cl8. The van der Waals surface area contributed by atoms with Crippen molar-refractivity contribution in [2.45, 2.75) is 127 Å². The van der Waals surface area contributed by atoms with Crippen molar-refractivity contribution in [2.24, 2.45) is 0 Å². The highest BCUT2D eigenvalue weighted by molar-refractivity contribution is 6.33. The fourth-order valence-electron chi connectivity index (χ4n) is 3.10. The second-order valence-corrected chi connectivity index (χ2v) is 12.2. The van der Waals surface area contributed by atoms with E-state index >= 15 is 0 Å². The van der Waals surface area contributed by atoms with Crippen molar-refractivity contribution in [3.8, 4) is 0 Å². The van der Waals surface area contributed by atoms with Crippen LogP contribution in [0.25, 0.3) is 0 Å². The monoisotopic (exact) mass is 568 g/mol. The summed E-state index contributed by atoms with van der Waals surface area (Å²) in [6.07, 6.45) is 10.3. The molecule has 0 aromatic rings. The zero-order valence-corrected chi connectivity index (χ0v) is 23.5. The number of unbranched alkanes of at least 4 members (excludes halogenated alkanes) is 4. The van der Waals surface area contributed by atoms with Crippen LogP contribution in [0.3, 0.4) is 0 Å². The molecule has 0 bridgehead atoms. The first-order chi connectivity index (χ1) is 13.6. The van der Waals surface area contributed by atoms with Crippen LogP contribution in [0.15, 0.2) is 0 Å². The van der Waals surface area contributed by atoms with Gasteiger partial charge in [-0.2, -0.15) is 0 Å². The molecule has 0 heterocycles. The standard InChI is InChI=1S/C21H36Cl8/c1-3-14(22)16(24)10-8-6-5-7-9-11-17(25)19(27)13-21(29)20(28)12-18(26)15(23)4-2/h14-21H,3-13H2,1-2H3. The van der Waals surface area contributed by atoms with E-state index in [1.54, 1.807) is 0 Å². The first-order valence-corrected chi connectivity index (χ1v) is 14.3. The molecule has 0 aliphatic carbocycles. The highest BCUT2D eigenvalue weighted by atomic mass is 35.5. The highest BCUT2D eigenvalue weighted by Crippen LogP contribution is 2.30. The summed E-state index contributed by atoms with van der Waals surface area (Å²) in [5, 5.41) is -1.02. The third-order valence-electron chi connectivity index (χ3n) is 5.21. The Bertz CT molecular complexity index is 384. The molecule has 0 radical (unpaired) electrons. The number of rotatable bonds is 18. The summed E-state index contributed by atoms with van der Waals surface area (Å²) in [6, 6.07) is 0. The van der Waals surface area contributed by atoms with Crippen LogP contribution in [-0.4, -0.2) is 43.0 Å². The van der Waals surface area contributed by atoms with Gasteiger partial charge >= 0.3 is 0 Å². The molecule has 0 saturated heterocycles. The largest absolute Gasteiger partial charge is 0.121 e. The second-order valence-electron chi connectivity index (χ2n) is 7.76. The molecule has 0 aliphatic rings. The minimum atomic E-state index is -0.278. The van der Waals surface area contributed by atoms with Crippen LogP contribution in [-0.2, 0) is 0 Å². The Balaban J connectivity index is 3.92. The lowest BCUT2D eigenvalue weighted by Crippen LogP contribution is -2.28. The van der Waals surface area contributed by atoms with Crippen molar-refractivity contribution in [3.05, 3.63) is 0 Å². The van der Waals surface area contributed by atoms with Crippen LogP contribution in [0.2, 0.25) is 0 Å². The molecule has 0 aromatic heterocycles. The second kappa shape index (κ2) is 18.7. The van der Waals surface area contributed by atoms with E-state index in [9.17, 15) is 0 Å². The lowest BCUT2D eigenvalue weighted by molar-refractivity contribution is 0.538. The molecule has 0 nitrogen and oxygen atoms in total. The fraction of sp³-hybridized carbons (Fsp3) is 1.00. The van der Waals surface area contributed by atoms with Crippen LogP contribution >= 0.6 is 92.8 Å². The predicted molar refractivity (Wildman–Crippen MR) is 139 cm³/mol. The minimum absolute atomic E-state index is 0.0750. The van der Waals surface area contributed by atoms with Gasteiger partial charge in [-0.3, -0.25) is 0 Å². The van der Waals surface area contributed by atoms with Gasteiger partial charge in [0, 0.05) is 21.5 Å². The summed E-state index contributed by atoms with van der Waals surface area (Å²) in [5.74, 6) is 0. The molecule has 8 atom stereocenters. The van der Waals surface area contributed by atoms with E-state index in [2.05, 4.69) is 6.92 Å². The summed E-state index contributed by atoms with van der Waals surface area (Å²) in [6.45, 7) is 4.06. The molecule has 0 N–H and O–H groups in total. The van der Waals surface area contributed by atoms with Gasteiger partial charge in [0.2, 0.25) is 0 Å². The molecule has 0 amide bonds. The Kier molecular flexibility index (Phi) is 20.2. The lowest BCUT2D eigenvalue weighted by atomic mass is 10.0. The summed E-state index contributed by atoms with van der Waals surface area (Å²) >= 11 is 50.7. The smallest absolute Gasteiger partial charge is 0.0514 e. The Morgan fingerprint density at radius 3 is 1.07 bits per heavy atom. The first-order valence-electron chi connectivity index (χ1n) is 10.8. The van der Waals surface area contributed by atoms with E-state index in [4.69, 9.17) is 92.8 Å². The minimum Gasteiger partial charge on any atom is -0.121 e. The Morgan fingerprint density at radius 1 is 0.379 bits per heavy atom. The van der Waals surface area contributed by atoms with Crippen molar-refractivity contribution in [1.82, 2.24) is 0 Å². The molecule has 0 aromatic carbocycles. The fourth-order valence-corrected chi connectivity index (χ4v) is 5.38. The van der Waals surface area contributed by atoms with E-state index in [1.807, 2.05) is 6.92 Å². The van der Waals surface area contributed by atoms with Crippen molar-refractivity contribution >= 4 is 92.8 Å². The van der Waals surface area contributed by atoms with Crippen molar-refractivity contribution in [2.75, 3.05) is 0 Å². The molecule has 0 rings (SSSR count). The molecular weight excluding hydrogens is 536 g/mol. The van der Waals surface area contributed by atoms with Crippen LogP contribution in [0, 0.1) is 0 Å². The zero-order valence-electron chi connectivity index (χ0n) is 17.4. The summed E-state index contributed by atoms with van der Waals surface area (Å²) in [4.78, 5) is 0. The normalized spacial score (nSPS) is 20.5. The van der Waals surface area contributed by atoms with Gasteiger partial charge in [0.25, 0.3) is 0 Å². The summed E-state index contributed by atoms with van der Waals surface area (Å²) in [7, 11) is 0. The Labute approximate surface area is 218 Å². The molecule has 0 aliphatic heterocycles. The number of halogens is 8. The van der Waals surface area contributed by atoms with Crippen molar-refractivity contribution < 1.29 is 0 Å². The van der Waals surface area contributed by atoms with Gasteiger partial charge in [-0.25, -0.2) is 0 Å². The molecule has 176 valence electrons. The summed E-state index contributed by atoms with van der Waals surface area (Å²) in [5.41, 5.74) is 0. The maximum atomic E-state index is 6.48. The molecule has 8 unspecified atom stereocenters. The molecule has 29 heavy (non-hydrogen) atoms. The number of hydrogen-bond acceptors (Lipinski definition) is 0. The van der Waals surface area contributed by atoms with E-state index in [0.29, 0.717) is 12.8 Å². The third kappa shape index (κ3) is 15.0. The predicted octanol–water partition coefficient (Wildman–Crippen LogP) is 10.2. The Morgan fingerprint density at radius 2 is 0.655 bits per heavy atom. The van der Waals surface area contributed by atoms with E-state index in [1.165, 1.54) is 12.8 Å². The van der Waals surface area contributed by atoms with Gasteiger partial charge in [0.15, 0.2) is 0 Å². The third-order valence-corrected chi connectivity index (χ3v) is 9.93. The van der Waals surface area contributed by atoms with E-state index < -0.39 is 0 Å². The van der Waals surface area contributed by atoms with Gasteiger partial charge in [-0.15, -0.1) is 92.8 Å². The average Bonchev–Trinajstić information content (AvgIpc) is 2.70. The van der Waals surface area contributed by atoms with Crippen molar-refractivity contribution in [3.63, 3.8) is 0 Å². The zero-order chi connectivity index (χ0) is 22.4. The maximum Gasteiger partial charge on any atom is 0.0514 e. The highest BCUT2D eigenvalue weighted by Gasteiger charge is 2.28. The number of alkyl halides is 8. The SMILES string of the molecule is CCC(Cl)C(Cl)CCCCCCCC(Cl)C(Cl)CC(Cl)C(Cl)CC(Cl)C(Cl)CC. The topological polar surface area (TPSA) is 0 Å². The molecule has 0 spiro atoms. The van der Waals surface area contributed by atoms with Crippen LogP contribution < -0.4 is 0 Å². The quantitative estimate of drug-likeness (QED) is 0.113. The van der Waals surface area contributed by atoms with Gasteiger partial charge in [0.1, 0.15) is 0 Å². The van der Waals surface area contributed by atoms with Crippen molar-refractivity contribution in [1.29, 1.82) is 0 Å². The first kappa shape index (κ1) is 31.3. The lowest BCUT2D eigenvalue weighted by Gasteiger charge is -2.24. The molecule has 8 heteroatoms. The van der Waals surface area contributed by atoms with E-state index in [0.717, 1.165) is 44.9 Å². The van der Waals surface area contributed by atoms with Gasteiger partial charge < -0.3 is 0 Å². The van der Waals surface area contributed by atoms with Crippen LogP contribution in [0.4, 0.5) is 0 Å². The average molecular weight is 572 g/mol. The van der Waals surface area contributed by atoms with Crippen LogP contribution in [0.5, 0.6) is 0 Å². The summed E-state index contributed by atoms with van der Waals surface area (Å²) < 4.78 is 0. The van der Waals surface area contributed by atoms with Gasteiger partial charge in [-0.05, 0) is 38.5 Å².